The monoisotopic (exact) mass is 429 g/mol. The molecule has 0 unspecified atom stereocenters. The van der Waals surface area contributed by atoms with Crippen molar-refractivity contribution >= 4 is 27.6 Å². The minimum Gasteiger partial charge on any atom is -0.369 e. The van der Waals surface area contributed by atoms with E-state index in [0.717, 1.165) is 55.0 Å². The number of H-pyrrole nitrogens is 1. The first-order chi connectivity index (χ1) is 15.5. The van der Waals surface area contributed by atoms with Crippen molar-refractivity contribution in [3.63, 3.8) is 0 Å². The van der Waals surface area contributed by atoms with Crippen molar-refractivity contribution in [2.24, 2.45) is 0 Å². The molecule has 6 nitrogen and oxygen atoms in total. The molecule has 6 heteroatoms. The van der Waals surface area contributed by atoms with Crippen LogP contribution in [0.15, 0.2) is 53.3 Å². The van der Waals surface area contributed by atoms with Crippen LogP contribution in [0.1, 0.15) is 31.2 Å². The molecule has 1 aliphatic heterocycles. The Morgan fingerprint density at radius 3 is 2.41 bits per heavy atom. The molecule has 2 aromatic carbocycles. The van der Waals surface area contributed by atoms with Gasteiger partial charge >= 0.3 is 0 Å². The molecule has 0 saturated carbocycles. The fourth-order valence-electron chi connectivity index (χ4n) is 4.71. The Bertz CT molecular complexity index is 1290. The molecule has 2 aromatic heterocycles. The summed E-state index contributed by atoms with van der Waals surface area (Å²) in [5.41, 5.74) is 5.04. The summed E-state index contributed by atoms with van der Waals surface area (Å²) in [4.78, 5) is 26.1. The first kappa shape index (κ1) is 20.8. The molecule has 1 fully saturated rings. The van der Waals surface area contributed by atoms with E-state index in [1.54, 1.807) is 0 Å². The normalized spacial score (nSPS) is 15.3. The number of nitrogens with one attached hydrogen (secondary N) is 1. The van der Waals surface area contributed by atoms with Crippen molar-refractivity contribution < 1.29 is 0 Å². The molecule has 0 amide bonds. The second-order valence-corrected chi connectivity index (χ2v) is 9.08. The van der Waals surface area contributed by atoms with Gasteiger partial charge in [-0.2, -0.15) is 0 Å². The summed E-state index contributed by atoms with van der Waals surface area (Å²) >= 11 is 0. The molecule has 0 bridgehead atoms. The highest BCUT2D eigenvalue weighted by molar-refractivity contribution is 6.04. The lowest BCUT2D eigenvalue weighted by Crippen LogP contribution is -2.47. The van der Waals surface area contributed by atoms with Crippen LogP contribution in [-0.2, 0) is 6.54 Å². The van der Waals surface area contributed by atoms with Crippen LogP contribution in [0, 0.1) is 6.92 Å². The van der Waals surface area contributed by atoms with E-state index in [4.69, 9.17) is 4.98 Å². The molecular weight excluding hydrogens is 398 g/mol. The number of hydrogen-bond acceptors (Lipinski definition) is 4. The van der Waals surface area contributed by atoms with Gasteiger partial charge in [-0.3, -0.25) is 14.3 Å². The molecular formula is C26H31N5O. The zero-order chi connectivity index (χ0) is 22.2. The van der Waals surface area contributed by atoms with E-state index in [1.165, 1.54) is 11.3 Å². The number of fused-ring (bicyclic) bond motifs is 3. The minimum absolute atomic E-state index is 0.0209. The number of aromatic amines is 1. The van der Waals surface area contributed by atoms with E-state index in [9.17, 15) is 4.79 Å². The minimum atomic E-state index is 0.0209. The van der Waals surface area contributed by atoms with Crippen LogP contribution < -0.4 is 10.5 Å². The van der Waals surface area contributed by atoms with Crippen LogP contribution in [0.25, 0.3) is 21.9 Å². The van der Waals surface area contributed by atoms with Gasteiger partial charge in [-0.15, -0.1) is 0 Å². The fourth-order valence-corrected chi connectivity index (χ4v) is 4.71. The maximum absolute atomic E-state index is 13.2. The van der Waals surface area contributed by atoms with E-state index >= 15 is 0 Å². The Kier molecular flexibility index (Phi) is 5.47. The predicted molar refractivity (Wildman–Crippen MR) is 132 cm³/mol. The van der Waals surface area contributed by atoms with Gasteiger partial charge in [0.05, 0.1) is 0 Å². The van der Waals surface area contributed by atoms with Crippen molar-refractivity contribution in [1.29, 1.82) is 0 Å². The van der Waals surface area contributed by atoms with Crippen LogP contribution in [0.2, 0.25) is 0 Å². The number of aryl methyl sites for hydroxylation is 1. The van der Waals surface area contributed by atoms with Gasteiger partial charge < -0.3 is 9.88 Å². The zero-order valence-electron chi connectivity index (χ0n) is 19.1. The van der Waals surface area contributed by atoms with Gasteiger partial charge in [0, 0.05) is 55.9 Å². The highest BCUT2D eigenvalue weighted by Gasteiger charge is 2.19. The first-order valence-corrected chi connectivity index (χ1v) is 11.6. The van der Waals surface area contributed by atoms with Crippen LogP contribution >= 0.6 is 0 Å². The fraction of sp³-hybridized carbons (Fsp3) is 0.385. The smallest absolute Gasteiger partial charge is 0.277 e. The van der Waals surface area contributed by atoms with Crippen molar-refractivity contribution in [2.75, 3.05) is 37.6 Å². The van der Waals surface area contributed by atoms with E-state index in [-0.39, 0.29) is 5.56 Å². The maximum Gasteiger partial charge on any atom is 0.277 e. The number of aromatic nitrogens is 3. The lowest BCUT2D eigenvalue weighted by Gasteiger charge is -2.36. The van der Waals surface area contributed by atoms with Crippen LogP contribution in [0.4, 0.5) is 5.69 Å². The van der Waals surface area contributed by atoms with Gasteiger partial charge in [0.2, 0.25) is 0 Å². The Morgan fingerprint density at radius 1 is 0.969 bits per heavy atom. The third kappa shape index (κ3) is 3.79. The third-order valence-electron chi connectivity index (χ3n) is 6.74. The van der Waals surface area contributed by atoms with E-state index in [2.05, 4.69) is 52.9 Å². The highest BCUT2D eigenvalue weighted by Crippen LogP contribution is 2.22. The molecule has 4 aromatic rings. The van der Waals surface area contributed by atoms with Gasteiger partial charge in [-0.1, -0.05) is 44.2 Å². The largest absolute Gasteiger partial charge is 0.369 e. The van der Waals surface area contributed by atoms with Gasteiger partial charge in [0.25, 0.3) is 5.56 Å². The number of nitrogens with zero attached hydrogens (tertiary/aromatic N) is 4. The van der Waals surface area contributed by atoms with Crippen LogP contribution in [0.5, 0.6) is 0 Å². The molecule has 0 atom stereocenters. The van der Waals surface area contributed by atoms with Gasteiger partial charge in [0.15, 0.2) is 0 Å². The van der Waals surface area contributed by atoms with E-state index < -0.39 is 0 Å². The van der Waals surface area contributed by atoms with Gasteiger partial charge in [0.1, 0.15) is 16.9 Å². The van der Waals surface area contributed by atoms with Crippen molar-refractivity contribution in [2.45, 2.75) is 33.2 Å². The van der Waals surface area contributed by atoms with Crippen LogP contribution in [-0.4, -0.2) is 52.2 Å². The van der Waals surface area contributed by atoms with Crippen molar-refractivity contribution in [3.05, 3.63) is 70.3 Å². The van der Waals surface area contributed by atoms with Gasteiger partial charge in [-0.25, -0.2) is 4.98 Å². The number of piperazine rings is 1. The number of hydrogen-bond donors (Lipinski definition) is 1. The average Bonchev–Trinajstić information content (AvgIpc) is 3.18. The topological polar surface area (TPSA) is 57.2 Å². The molecule has 1 saturated heterocycles. The molecule has 5 rings (SSSR count). The quantitative estimate of drug-likeness (QED) is 0.518. The Labute approximate surface area is 188 Å². The third-order valence-corrected chi connectivity index (χ3v) is 6.74. The second-order valence-electron chi connectivity index (χ2n) is 9.08. The SMILES string of the molecule is Cc1nc2c([nH]c3ccccc32)c(=O)n1CCN1CCN(c2ccc(C(C)C)cc2)CC1. The number of rotatable bonds is 5. The molecule has 0 aliphatic carbocycles. The summed E-state index contributed by atoms with van der Waals surface area (Å²) in [7, 11) is 0. The average molecular weight is 430 g/mol. The zero-order valence-corrected chi connectivity index (χ0v) is 19.1. The molecule has 1 N–H and O–H groups in total. The lowest BCUT2D eigenvalue weighted by atomic mass is 10.0. The molecule has 32 heavy (non-hydrogen) atoms. The summed E-state index contributed by atoms with van der Waals surface area (Å²) in [6, 6.07) is 16.9. The number of para-hydroxylation sites is 1. The molecule has 3 heterocycles. The molecule has 0 spiro atoms. The summed E-state index contributed by atoms with van der Waals surface area (Å²) < 4.78 is 1.81. The Hall–Kier alpha value is -3.12. The van der Waals surface area contributed by atoms with Crippen molar-refractivity contribution in [3.8, 4) is 0 Å². The first-order valence-electron chi connectivity index (χ1n) is 11.6. The number of benzene rings is 2. The summed E-state index contributed by atoms with van der Waals surface area (Å²) in [6.45, 7) is 11.9. The molecule has 1 aliphatic rings. The standard InChI is InChI=1S/C26H31N5O/c1-18(2)20-8-10-21(11-9-20)30-15-12-29(13-16-30)14-17-31-19(3)27-24-22-6-4-5-7-23(22)28-25(24)26(31)32/h4-11,18,28H,12-17H2,1-3H3. The Morgan fingerprint density at radius 2 is 1.69 bits per heavy atom. The van der Waals surface area contributed by atoms with Gasteiger partial charge in [-0.05, 0) is 36.6 Å². The number of anilines is 1. The van der Waals surface area contributed by atoms with Crippen molar-refractivity contribution in [1.82, 2.24) is 19.4 Å². The Balaban J connectivity index is 1.25. The summed E-state index contributed by atoms with van der Waals surface area (Å²) in [5.74, 6) is 1.34. The van der Waals surface area contributed by atoms with Crippen LogP contribution in [0.3, 0.4) is 0 Å². The summed E-state index contributed by atoms with van der Waals surface area (Å²) in [5, 5.41) is 1.01. The highest BCUT2D eigenvalue weighted by atomic mass is 16.1. The lowest BCUT2D eigenvalue weighted by molar-refractivity contribution is 0.246. The molecule has 0 radical (unpaired) electrons. The van der Waals surface area contributed by atoms with E-state index in [1.807, 2.05) is 35.8 Å². The summed E-state index contributed by atoms with van der Waals surface area (Å²) in [6.07, 6.45) is 0. The van der Waals surface area contributed by atoms with E-state index in [0.29, 0.717) is 18.0 Å². The molecule has 166 valence electrons. The second kappa shape index (κ2) is 8.43. The maximum atomic E-state index is 13.2. The predicted octanol–water partition coefficient (Wildman–Crippen LogP) is 4.13.